The number of benzene rings is 2. The molecule has 1 saturated heterocycles. The number of rotatable bonds is 16. The van der Waals surface area contributed by atoms with Gasteiger partial charge in [0.1, 0.15) is 23.5 Å². The average molecular weight is 812 g/mol. The molecule has 4 aliphatic rings. The maximum atomic E-state index is 13.3. The zero-order valence-electron chi connectivity index (χ0n) is 33.4. The number of carbonyl (C=O) groups excluding carboxylic acids is 6. The summed E-state index contributed by atoms with van der Waals surface area (Å²) in [7, 11) is 3.27. The van der Waals surface area contributed by atoms with Gasteiger partial charge in [0.25, 0.3) is 17.7 Å². The number of nitrogens with one attached hydrogen (secondary N) is 4. The van der Waals surface area contributed by atoms with E-state index in [2.05, 4.69) is 31.2 Å². The maximum Gasteiger partial charge on any atom is 0.264 e. The smallest absolute Gasteiger partial charge is 0.264 e. The molecule has 18 nitrogen and oxygen atoms in total. The summed E-state index contributed by atoms with van der Waals surface area (Å²) in [6, 6.07) is 8.76. The lowest BCUT2D eigenvalue weighted by Gasteiger charge is -2.44. The lowest BCUT2D eigenvalue weighted by molar-refractivity contribution is -0.136. The van der Waals surface area contributed by atoms with Crippen LogP contribution in [0.4, 0.5) is 28.8 Å². The number of hydrogen-bond acceptors (Lipinski definition) is 14. The van der Waals surface area contributed by atoms with Crippen molar-refractivity contribution >= 4 is 64.3 Å². The van der Waals surface area contributed by atoms with Crippen molar-refractivity contribution in [1.82, 2.24) is 25.5 Å². The molecule has 1 aromatic heterocycles. The zero-order chi connectivity index (χ0) is 41.6. The number of likely N-dealkylation sites (N-methyl/N-ethyl adjacent to an activating group) is 1. The van der Waals surface area contributed by atoms with E-state index in [4.69, 9.17) is 19.2 Å². The Morgan fingerprint density at radius 3 is 2.42 bits per heavy atom. The van der Waals surface area contributed by atoms with Crippen LogP contribution in [0.25, 0.3) is 0 Å². The van der Waals surface area contributed by atoms with E-state index in [9.17, 15) is 28.8 Å². The molecule has 2 unspecified atom stereocenters. The third-order valence-corrected chi connectivity index (χ3v) is 11.1. The number of fused-ring (bicyclic) bond motifs is 2. The first-order valence-corrected chi connectivity index (χ1v) is 20.0. The lowest BCUT2D eigenvalue weighted by atomic mass is 9.92. The molecule has 0 spiro atoms. The first kappa shape index (κ1) is 41.0. The maximum absolute atomic E-state index is 13.3. The number of ether oxygens (including phenoxy) is 3. The Hall–Kier alpha value is -6.14. The summed E-state index contributed by atoms with van der Waals surface area (Å²) in [5.74, 6) is -1.03. The van der Waals surface area contributed by atoms with Crippen molar-refractivity contribution in [3.63, 3.8) is 0 Å². The monoisotopic (exact) mass is 811 g/mol. The van der Waals surface area contributed by atoms with Crippen LogP contribution in [0.1, 0.15) is 82.9 Å². The van der Waals surface area contributed by atoms with Crippen LogP contribution in [0.5, 0.6) is 5.75 Å². The molecule has 2 aromatic carbocycles. The number of nitrogens with zero attached hydrogens (tertiary/aromatic N) is 5. The highest BCUT2D eigenvalue weighted by Gasteiger charge is 2.45. The minimum Gasteiger partial charge on any atom is -0.495 e. The van der Waals surface area contributed by atoms with Gasteiger partial charge in [0.2, 0.25) is 23.7 Å². The van der Waals surface area contributed by atoms with Crippen LogP contribution in [0.2, 0.25) is 0 Å². The molecular formula is C41H49N9O9. The third-order valence-electron chi connectivity index (χ3n) is 11.1. The summed E-state index contributed by atoms with van der Waals surface area (Å²) < 4.78 is 16.9. The molecular weight excluding hydrogens is 763 g/mol. The molecule has 2 atom stereocenters. The van der Waals surface area contributed by atoms with Crippen LogP contribution in [-0.2, 0) is 23.9 Å². The van der Waals surface area contributed by atoms with Crippen molar-refractivity contribution in [1.29, 1.82) is 0 Å². The molecule has 4 heterocycles. The number of aromatic nitrogens is 2. The Morgan fingerprint density at radius 2 is 1.68 bits per heavy atom. The molecule has 7 rings (SSSR count). The molecule has 6 amide bonds. The van der Waals surface area contributed by atoms with Gasteiger partial charge in [0, 0.05) is 43.9 Å². The number of hydrogen-bond donors (Lipinski definition) is 4. The van der Waals surface area contributed by atoms with E-state index >= 15 is 0 Å². The summed E-state index contributed by atoms with van der Waals surface area (Å²) in [4.78, 5) is 90.4. The van der Waals surface area contributed by atoms with Crippen LogP contribution in [0.3, 0.4) is 0 Å². The molecule has 1 saturated carbocycles. The molecule has 59 heavy (non-hydrogen) atoms. The average Bonchev–Trinajstić information content (AvgIpc) is 3.50. The van der Waals surface area contributed by atoms with E-state index in [1.807, 2.05) is 6.92 Å². The summed E-state index contributed by atoms with van der Waals surface area (Å²) in [6.45, 7) is 3.64. The third kappa shape index (κ3) is 8.68. The van der Waals surface area contributed by atoms with Gasteiger partial charge in [-0.1, -0.05) is 25.3 Å². The Labute approximate surface area is 341 Å². The summed E-state index contributed by atoms with van der Waals surface area (Å²) in [5.41, 5.74) is 2.46. The number of carbonyl (C=O) groups is 6. The van der Waals surface area contributed by atoms with Gasteiger partial charge < -0.3 is 40.0 Å². The second-order valence-electron chi connectivity index (χ2n) is 14.8. The van der Waals surface area contributed by atoms with Gasteiger partial charge >= 0.3 is 0 Å². The fourth-order valence-corrected chi connectivity index (χ4v) is 8.04. The largest absolute Gasteiger partial charge is 0.495 e. The number of imide groups is 2. The lowest BCUT2D eigenvalue weighted by Crippen LogP contribution is -2.55. The van der Waals surface area contributed by atoms with Crippen LogP contribution >= 0.6 is 0 Å². The van der Waals surface area contributed by atoms with Crippen molar-refractivity contribution in [2.45, 2.75) is 70.0 Å². The minimum absolute atomic E-state index is 0.0164. The van der Waals surface area contributed by atoms with Gasteiger partial charge in [-0.3, -0.25) is 39.0 Å². The van der Waals surface area contributed by atoms with Crippen LogP contribution in [0, 0.1) is 0 Å². The van der Waals surface area contributed by atoms with E-state index in [0.717, 1.165) is 36.4 Å². The topological polar surface area (TPSA) is 214 Å². The first-order valence-electron chi connectivity index (χ1n) is 20.0. The predicted octanol–water partition coefficient (Wildman–Crippen LogP) is 3.01. The molecule has 3 aliphatic heterocycles. The highest BCUT2D eigenvalue weighted by Crippen LogP contribution is 2.39. The fourth-order valence-electron chi connectivity index (χ4n) is 8.04. The van der Waals surface area contributed by atoms with Crippen LogP contribution in [0.15, 0.2) is 42.6 Å². The zero-order valence-corrected chi connectivity index (χ0v) is 33.4. The van der Waals surface area contributed by atoms with Crippen molar-refractivity contribution < 1.29 is 43.0 Å². The molecule has 18 heteroatoms. The summed E-state index contributed by atoms with van der Waals surface area (Å²) in [6.07, 6.45) is 7.26. The van der Waals surface area contributed by atoms with Gasteiger partial charge in [-0.05, 0) is 56.5 Å². The van der Waals surface area contributed by atoms with Gasteiger partial charge in [-0.25, -0.2) is 4.98 Å². The second-order valence-corrected chi connectivity index (χ2v) is 14.8. The Morgan fingerprint density at radius 1 is 0.915 bits per heavy atom. The number of amides is 6. The molecule has 0 radical (unpaired) electrons. The molecule has 0 bridgehead atoms. The van der Waals surface area contributed by atoms with E-state index in [1.54, 1.807) is 48.5 Å². The summed E-state index contributed by atoms with van der Waals surface area (Å²) in [5, 5.41) is 11.4. The number of piperidine rings is 1. The Kier molecular flexibility index (Phi) is 12.7. The quantitative estimate of drug-likeness (QED) is 0.121. The van der Waals surface area contributed by atoms with Crippen molar-refractivity contribution in [2.24, 2.45) is 0 Å². The van der Waals surface area contributed by atoms with E-state index in [1.165, 1.54) is 19.6 Å². The van der Waals surface area contributed by atoms with Gasteiger partial charge in [0.05, 0.1) is 56.5 Å². The normalized spacial score (nSPS) is 19.4. The second kappa shape index (κ2) is 18.2. The highest BCUT2D eigenvalue weighted by atomic mass is 16.5. The number of anilines is 5. The SMILES string of the molecule is COc1cc(C(=O)NCCOCCOCCNc2cccc3c2C(=O)N(C2CCC(=O)NC2=O)C3=O)ccc1Nc1ncc2c(n1)N(C1CCCCC1)C(C)C(=O)N2C. The molecule has 312 valence electrons. The number of methoxy groups -OCH3 is 1. The predicted molar refractivity (Wildman–Crippen MR) is 216 cm³/mol. The van der Waals surface area contributed by atoms with E-state index < -0.39 is 29.7 Å². The van der Waals surface area contributed by atoms with Crippen molar-refractivity contribution in [3.05, 3.63) is 59.3 Å². The molecule has 2 fully saturated rings. The fraction of sp³-hybridized carbons (Fsp3) is 0.463. The van der Waals surface area contributed by atoms with Crippen LogP contribution < -0.4 is 35.8 Å². The Bertz CT molecular complexity index is 2130. The minimum atomic E-state index is -1.04. The van der Waals surface area contributed by atoms with E-state index in [-0.39, 0.29) is 80.8 Å². The van der Waals surface area contributed by atoms with Crippen molar-refractivity contribution in [2.75, 3.05) is 74.1 Å². The van der Waals surface area contributed by atoms with Gasteiger partial charge in [-0.15, -0.1) is 0 Å². The highest BCUT2D eigenvalue weighted by molar-refractivity contribution is 6.25. The van der Waals surface area contributed by atoms with Gasteiger partial charge in [0.15, 0.2) is 5.82 Å². The standard InChI is InChI=1S/C41H49N9O9/c1-24-38(54)48(2)31-23-44-41(47-35(31)49(24)26-8-5-4-6-9-26)45-28-13-12-25(22-32(28)57-3)36(52)43-17-19-59-21-20-58-18-16-42-29-11-7-10-27-34(29)40(56)50(39(27)55)30-14-15-33(51)46-37(30)53/h7,10-13,22-24,26,30,42H,4-6,8-9,14-21H2,1-3H3,(H,43,52)(H,44,45,47)(H,46,51,53). The molecule has 3 aromatic rings. The van der Waals surface area contributed by atoms with Crippen molar-refractivity contribution in [3.8, 4) is 5.75 Å². The Balaban J connectivity index is 0.832. The summed E-state index contributed by atoms with van der Waals surface area (Å²) >= 11 is 0. The molecule has 1 aliphatic carbocycles. The van der Waals surface area contributed by atoms with E-state index in [0.29, 0.717) is 40.9 Å². The van der Waals surface area contributed by atoms with Crippen LogP contribution in [-0.4, -0.2) is 122 Å². The molecule has 4 N–H and O–H groups in total. The van der Waals surface area contributed by atoms with Gasteiger partial charge in [-0.2, -0.15) is 4.98 Å². The first-order chi connectivity index (χ1) is 28.6.